The molecule has 6 heteroatoms. The average Bonchev–Trinajstić information content (AvgIpc) is 3.16. The van der Waals surface area contributed by atoms with E-state index in [1.54, 1.807) is 15.9 Å². The summed E-state index contributed by atoms with van der Waals surface area (Å²) in [6, 6.07) is 19.6. The number of rotatable bonds is 3. The van der Waals surface area contributed by atoms with Crippen molar-refractivity contribution in [2.24, 2.45) is 0 Å². The smallest absolute Gasteiger partial charge is 0.275 e. The first kappa shape index (κ1) is 18.0. The minimum atomic E-state index is -0.220. The minimum Gasteiger partial charge on any atom is -0.323 e. The summed E-state index contributed by atoms with van der Waals surface area (Å²) in [5.74, 6) is -0.313. The molecule has 0 aliphatic carbocycles. The molecular formula is C22H22N4O2. The fourth-order valence-electron chi connectivity index (χ4n) is 3.53. The molecule has 0 bridgehead atoms. The van der Waals surface area contributed by atoms with Crippen molar-refractivity contribution in [1.29, 1.82) is 0 Å². The molecule has 1 unspecified atom stereocenters. The Morgan fingerprint density at radius 2 is 1.82 bits per heavy atom. The highest BCUT2D eigenvalue weighted by Crippen LogP contribution is 2.27. The summed E-state index contributed by atoms with van der Waals surface area (Å²) < 4.78 is 0. The van der Waals surface area contributed by atoms with Crippen LogP contribution in [0.4, 0.5) is 5.69 Å². The van der Waals surface area contributed by atoms with Crippen LogP contribution >= 0.6 is 0 Å². The van der Waals surface area contributed by atoms with E-state index in [1.807, 2.05) is 68.4 Å². The van der Waals surface area contributed by atoms with Gasteiger partial charge in [-0.1, -0.05) is 42.5 Å². The molecule has 2 aromatic carbocycles. The number of carbonyl (C=O) groups is 2. The van der Waals surface area contributed by atoms with Crippen LogP contribution in [0.25, 0.3) is 11.1 Å². The normalized spacial score (nSPS) is 17.1. The van der Waals surface area contributed by atoms with Gasteiger partial charge in [-0.15, -0.1) is 0 Å². The van der Waals surface area contributed by atoms with Gasteiger partial charge in [-0.05, 0) is 43.2 Å². The van der Waals surface area contributed by atoms with Gasteiger partial charge < -0.3 is 9.80 Å². The minimum absolute atomic E-state index is 0.0431. The molecule has 1 saturated heterocycles. The molecule has 1 N–H and O–H groups in total. The number of nitrogens with one attached hydrogen (secondary N) is 1. The SMILES string of the molecule is Cc1cc(C(=O)N2CC(=O)N(c3cccc(-c4ccccc4)c3)CC2C)n[nH]1. The maximum Gasteiger partial charge on any atom is 0.275 e. The molecule has 0 spiro atoms. The zero-order chi connectivity index (χ0) is 19.7. The average molecular weight is 374 g/mol. The van der Waals surface area contributed by atoms with Crippen LogP contribution in [0.1, 0.15) is 23.1 Å². The van der Waals surface area contributed by atoms with Crippen molar-refractivity contribution in [3.8, 4) is 11.1 Å². The molecular weight excluding hydrogens is 352 g/mol. The second-order valence-corrected chi connectivity index (χ2v) is 7.14. The predicted molar refractivity (Wildman–Crippen MR) is 108 cm³/mol. The third kappa shape index (κ3) is 3.41. The largest absolute Gasteiger partial charge is 0.323 e. The highest BCUT2D eigenvalue weighted by molar-refractivity contribution is 6.01. The molecule has 6 nitrogen and oxygen atoms in total. The Labute approximate surface area is 163 Å². The van der Waals surface area contributed by atoms with E-state index in [9.17, 15) is 9.59 Å². The third-order valence-electron chi connectivity index (χ3n) is 5.04. The lowest BCUT2D eigenvalue weighted by Crippen LogP contribution is -2.57. The quantitative estimate of drug-likeness (QED) is 0.765. The van der Waals surface area contributed by atoms with Crippen LogP contribution in [-0.2, 0) is 4.79 Å². The molecule has 142 valence electrons. The van der Waals surface area contributed by atoms with E-state index in [2.05, 4.69) is 10.2 Å². The van der Waals surface area contributed by atoms with E-state index in [4.69, 9.17) is 0 Å². The summed E-state index contributed by atoms with van der Waals surface area (Å²) in [5.41, 5.74) is 4.17. The van der Waals surface area contributed by atoms with Gasteiger partial charge in [0.25, 0.3) is 5.91 Å². The van der Waals surface area contributed by atoms with Crippen molar-refractivity contribution in [2.45, 2.75) is 19.9 Å². The number of hydrogen-bond acceptors (Lipinski definition) is 3. The standard InChI is InChI=1S/C22H22N4O2/c1-15-11-20(24-23-15)22(28)25-14-21(27)26(13-16(25)2)19-10-6-9-18(12-19)17-7-4-3-5-8-17/h3-12,16H,13-14H2,1-2H3,(H,23,24). The summed E-state index contributed by atoms with van der Waals surface area (Å²) in [7, 11) is 0. The van der Waals surface area contributed by atoms with Gasteiger partial charge in [-0.3, -0.25) is 14.7 Å². The van der Waals surface area contributed by atoms with Crippen LogP contribution in [0.5, 0.6) is 0 Å². The van der Waals surface area contributed by atoms with E-state index < -0.39 is 0 Å². The first-order valence-corrected chi connectivity index (χ1v) is 9.32. The highest BCUT2D eigenvalue weighted by Gasteiger charge is 2.34. The lowest BCUT2D eigenvalue weighted by Gasteiger charge is -2.39. The van der Waals surface area contributed by atoms with Gasteiger partial charge in [0.1, 0.15) is 12.2 Å². The third-order valence-corrected chi connectivity index (χ3v) is 5.04. The molecule has 0 saturated carbocycles. The number of hydrogen-bond donors (Lipinski definition) is 1. The number of nitrogens with zero attached hydrogens (tertiary/aromatic N) is 3. The van der Waals surface area contributed by atoms with Gasteiger partial charge in [-0.25, -0.2) is 0 Å². The van der Waals surface area contributed by atoms with Gasteiger partial charge in [0.2, 0.25) is 5.91 Å². The Kier molecular flexibility index (Phi) is 4.69. The zero-order valence-corrected chi connectivity index (χ0v) is 15.9. The molecule has 2 amide bonds. The van der Waals surface area contributed by atoms with Crippen LogP contribution in [0.3, 0.4) is 0 Å². The first-order chi connectivity index (χ1) is 13.5. The molecule has 1 aromatic heterocycles. The molecule has 0 radical (unpaired) electrons. The number of H-pyrrole nitrogens is 1. The first-order valence-electron chi connectivity index (χ1n) is 9.32. The van der Waals surface area contributed by atoms with Crippen molar-refractivity contribution in [1.82, 2.24) is 15.1 Å². The lowest BCUT2D eigenvalue weighted by molar-refractivity contribution is -0.121. The summed E-state index contributed by atoms with van der Waals surface area (Å²) >= 11 is 0. The highest BCUT2D eigenvalue weighted by atomic mass is 16.2. The van der Waals surface area contributed by atoms with E-state index >= 15 is 0 Å². The van der Waals surface area contributed by atoms with Crippen LogP contribution in [0.2, 0.25) is 0 Å². The van der Waals surface area contributed by atoms with E-state index in [1.165, 1.54) is 0 Å². The number of anilines is 1. The number of aromatic nitrogens is 2. The second kappa shape index (κ2) is 7.31. The number of carbonyl (C=O) groups excluding carboxylic acids is 2. The number of amides is 2. The number of aryl methyl sites for hydroxylation is 1. The maximum absolute atomic E-state index is 12.8. The Morgan fingerprint density at radius 3 is 2.54 bits per heavy atom. The monoisotopic (exact) mass is 374 g/mol. The van der Waals surface area contributed by atoms with Crippen molar-refractivity contribution >= 4 is 17.5 Å². The molecule has 2 heterocycles. The molecule has 3 aromatic rings. The lowest BCUT2D eigenvalue weighted by atomic mass is 10.0. The summed E-state index contributed by atoms with van der Waals surface area (Å²) in [4.78, 5) is 28.9. The van der Waals surface area contributed by atoms with Crippen LogP contribution < -0.4 is 4.90 Å². The van der Waals surface area contributed by atoms with E-state index in [-0.39, 0.29) is 24.4 Å². The Bertz CT molecular complexity index is 1010. The van der Waals surface area contributed by atoms with Gasteiger partial charge in [-0.2, -0.15) is 5.10 Å². The van der Waals surface area contributed by atoms with Gasteiger partial charge in [0.15, 0.2) is 0 Å². The predicted octanol–water partition coefficient (Wildman–Crippen LogP) is 3.26. The number of piperazine rings is 1. The summed E-state index contributed by atoms with van der Waals surface area (Å²) in [6.45, 7) is 4.29. The van der Waals surface area contributed by atoms with Crippen LogP contribution in [0, 0.1) is 6.92 Å². The maximum atomic E-state index is 12.8. The van der Waals surface area contributed by atoms with Crippen molar-refractivity contribution < 1.29 is 9.59 Å². The fraction of sp³-hybridized carbons (Fsp3) is 0.227. The van der Waals surface area contributed by atoms with Crippen molar-refractivity contribution in [2.75, 3.05) is 18.0 Å². The second-order valence-electron chi connectivity index (χ2n) is 7.14. The number of aromatic amines is 1. The Balaban J connectivity index is 1.55. The van der Waals surface area contributed by atoms with Gasteiger partial charge in [0.05, 0.1) is 0 Å². The van der Waals surface area contributed by atoms with Gasteiger partial charge >= 0.3 is 0 Å². The summed E-state index contributed by atoms with van der Waals surface area (Å²) in [6.07, 6.45) is 0. The Hall–Kier alpha value is -3.41. The van der Waals surface area contributed by atoms with Crippen LogP contribution in [-0.4, -0.2) is 46.0 Å². The molecule has 1 fully saturated rings. The molecule has 1 aliphatic heterocycles. The fourth-order valence-corrected chi connectivity index (χ4v) is 3.53. The van der Waals surface area contributed by atoms with Crippen molar-refractivity contribution in [3.63, 3.8) is 0 Å². The van der Waals surface area contributed by atoms with E-state index in [0.717, 1.165) is 22.5 Å². The number of benzene rings is 2. The van der Waals surface area contributed by atoms with Gasteiger partial charge in [0, 0.05) is 24.0 Å². The van der Waals surface area contributed by atoms with Crippen LogP contribution in [0.15, 0.2) is 60.7 Å². The Morgan fingerprint density at radius 1 is 1.07 bits per heavy atom. The van der Waals surface area contributed by atoms with E-state index in [0.29, 0.717) is 12.2 Å². The molecule has 1 aliphatic rings. The van der Waals surface area contributed by atoms with Crippen molar-refractivity contribution in [3.05, 3.63) is 72.1 Å². The molecule has 1 atom stereocenters. The summed E-state index contributed by atoms with van der Waals surface area (Å²) in [5, 5.41) is 6.81. The zero-order valence-electron chi connectivity index (χ0n) is 15.9. The topological polar surface area (TPSA) is 69.3 Å². The molecule has 4 rings (SSSR count). The molecule has 28 heavy (non-hydrogen) atoms.